The van der Waals surface area contributed by atoms with Crippen molar-refractivity contribution in [3.8, 4) is 0 Å². The van der Waals surface area contributed by atoms with Crippen LogP contribution in [0.2, 0.25) is 0 Å². The lowest BCUT2D eigenvalue weighted by Gasteiger charge is -2.32. The number of rotatable bonds is 4. The SMILES string of the molecule is Cc1cc(C)cc(C[C@@H](C)NC(=O)N2CCC[C@@H](CO)C2)c1. The third-order valence-electron chi connectivity index (χ3n) is 4.26. The fourth-order valence-corrected chi connectivity index (χ4v) is 3.29. The van der Waals surface area contributed by atoms with Crippen molar-refractivity contribution in [2.24, 2.45) is 5.92 Å². The average molecular weight is 304 g/mol. The van der Waals surface area contributed by atoms with Crippen LogP contribution in [-0.2, 0) is 6.42 Å². The lowest BCUT2D eigenvalue weighted by molar-refractivity contribution is 0.128. The second-order valence-corrected chi connectivity index (χ2v) is 6.69. The smallest absolute Gasteiger partial charge is 0.317 e. The highest BCUT2D eigenvalue weighted by Crippen LogP contribution is 2.16. The number of aliphatic hydroxyl groups excluding tert-OH is 1. The van der Waals surface area contributed by atoms with Gasteiger partial charge in [-0.2, -0.15) is 0 Å². The minimum atomic E-state index is -0.00461. The van der Waals surface area contributed by atoms with E-state index in [1.165, 1.54) is 16.7 Å². The van der Waals surface area contributed by atoms with E-state index in [9.17, 15) is 9.90 Å². The first-order valence-electron chi connectivity index (χ1n) is 8.21. The van der Waals surface area contributed by atoms with Gasteiger partial charge in [0.15, 0.2) is 0 Å². The minimum Gasteiger partial charge on any atom is -0.396 e. The van der Waals surface area contributed by atoms with Gasteiger partial charge in [-0.15, -0.1) is 0 Å². The molecule has 1 aliphatic rings. The van der Waals surface area contributed by atoms with Crippen LogP contribution in [0.25, 0.3) is 0 Å². The number of carbonyl (C=O) groups is 1. The molecule has 2 atom stereocenters. The Hall–Kier alpha value is -1.55. The molecule has 4 nitrogen and oxygen atoms in total. The highest BCUT2D eigenvalue weighted by atomic mass is 16.3. The van der Waals surface area contributed by atoms with Gasteiger partial charge in [-0.3, -0.25) is 0 Å². The van der Waals surface area contributed by atoms with E-state index in [4.69, 9.17) is 0 Å². The summed E-state index contributed by atoms with van der Waals surface area (Å²) in [6.45, 7) is 7.87. The maximum Gasteiger partial charge on any atom is 0.317 e. The maximum absolute atomic E-state index is 12.3. The van der Waals surface area contributed by atoms with Crippen LogP contribution in [0.1, 0.15) is 36.5 Å². The van der Waals surface area contributed by atoms with Crippen LogP contribution in [0.3, 0.4) is 0 Å². The lowest BCUT2D eigenvalue weighted by atomic mass is 9.99. The number of likely N-dealkylation sites (tertiary alicyclic amines) is 1. The van der Waals surface area contributed by atoms with Gasteiger partial charge in [0, 0.05) is 25.7 Å². The van der Waals surface area contributed by atoms with E-state index >= 15 is 0 Å². The summed E-state index contributed by atoms with van der Waals surface area (Å²) in [5, 5.41) is 12.3. The molecule has 0 aliphatic carbocycles. The molecule has 1 aromatic rings. The number of piperidine rings is 1. The van der Waals surface area contributed by atoms with Crippen LogP contribution in [-0.4, -0.2) is 41.8 Å². The van der Waals surface area contributed by atoms with Crippen molar-refractivity contribution in [1.82, 2.24) is 10.2 Å². The molecule has 0 aromatic heterocycles. The molecule has 0 bridgehead atoms. The molecule has 0 spiro atoms. The molecule has 2 N–H and O–H groups in total. The van der Waals surface area contributed by atoms with Crippen molar-refractivity contribution in [2.75, 3.05) is 19.7 Å². The van der Waals surface area contributed by atoms with Gasteiger partial charge in [-0.1, -0.05) is 29.3 Å². The predicted molar refractivity (Wildman–Crippen MR) is 89.0 cm³/mol. The molecule has 1 heterocycles. The van der Waals surface area contributed by atoms with Crippen molar-refractivity contribution in [3.05, 3.63) is 34.9 Å². The van der Waals surface area contributed by atoms with E-state index in [0.29, 0.717) is 6.54 Å². The van der Waals surface area contributed by atoms with Gasteiger partial charge in [0.05, 0.1) is 0 Å². The highest BCUT2D eigenvalue weighted by Gasteiger charge is 2.23. The molecule has 122 valence electrons. The van der Waals surface area contributed by atoms with Gasteiger partial charge in [-0.25, -0.2) is 4.79 Å². The van der Waals surface area contributed by atoms with Crippen molar-refractivity contribution < 1.29 is 9.90 Å². The first-order valence-corrected chi connectivity index (χ1v) is 8.21. The molecule has 4 heteroatoms. The Morgan fingerprint density at radius 3 is 2.68 bits per heavy atom. The van der Waals surface area contributed by atoms with E-state index in [0.717, 1.165) is 25.8 Å². The van der Waals surface area contributed by atoms with Crippen LogP contribution < -0.4 is 5.32 Å². The number of aryl methyl sites for hydroxylation is 2. The van der Waals surface area contributed by atoms with Gasteiger partial charge in [0.2, 0.25) is 0 Å². The molecule has 1 fully saturated rings. The maximum atomic E-state index is 12.3. The fraction of sp³-hybridized carbons (Fsp3) is 0.611. The molecule has 2 rings (SSSR count). The van der Waals surface area contributed by atoms with Crippen molar-refractivity contribution in [2.45, 2.75) is 46.1 Å². The summed E-state index contributed by atoms with van der Waals surface area (Å²) in [7, 11) is 0. The summed E-state index contributed by atoms with van der Waals surface area (Å²) < 4.78 is 0. The summed E-state index contributed by atoms with van der Waals surface area (Å²) in [4.78, 5) is 14.2. The zero-order valence-corrected chi connectivity index (χ0v) is 13.9. The van der Waals surface area contributed by atoms with Crippen LogP contribution in [0, 0.1) is 19.8 Å². The molecule has 1 saturated heterocycles. The number of hydrogen-bond acceptors (Lipinski definition) is 2. The van der Waals surface area contributed by atoms with E-state index in [1.807, 2.05) is 11.8 Å². The van der Waals surface area contributed by atoms with Crippen molar-refractivity contribution in [1.29, 1.82) is 0 Å². The Labute approximate surface area is 133 Å². The summed E-state index contributed by atoms with van der Waals surface area (Å²) >= 11 is 0. The standard InChI is InChI=1S/C18H28N2O2/c1-13-7-14(2)9-17(8-13)10-15(3)19-18(22)20-6-4-5-16(11-20)12-21/h7-9,15-16,21H,4-6,10-12H2,1-3H3,(H,19,22)/t15-,16-/m1/s1. The number of hydrogen-bond donors (Lipinski definition) is 2. The average Bonchev–Trinajstić information content (AvgIpc) is 2.46. The zero-order valence-electron chi connectivity index (χ0n) is 13.9. The molecule has 1 aromatic carbocycles. The molecule has 0 unspecified atom stereocenters. The van der Waals surface area contributed by atoms with E-state index in [-0.39, 0.29) is 24.6 Å². The quantitative estimate of drug-likeness (QED) is 0.898. The van der Waals surface area contributed by atoms with Gasteiger partial charge < -0.3 is 15.3 Å². The third kappa shape index (κ3) is 4.73. The number of aliphatic hydroxyl groups is 1. The molecular weight excluding hydrogens is 276 g/mol. The number of nitrogens with zero attached hydrogens (tertiary/aromatic N) is 1. The first-order chi connectivity index (χ1) is 10.5. The van der Waals surface area contributed by atoms with Gasteiger partial charge in [0.25, 0.3) is 0 Å². The lowest BCUT2D eigenvalue weighted by Crippen LogP contribution is -2.49. The molecule has 0 saturated carbocycles. The number of benzene rings is 1. The van der Waals surface area contributed by atoms with E-state index in [1.54, 1.807) is 0 Å². The number of nitrogens with one attached hydrogen (secondary N) is 1. The molecule has 1 aliphatic heterocycles. The van der Waals surface area contributed by atoms with Crippen molar-refractivity contribution in [3.63, 3.8) is 0 Å². The summed E-state index contributed by atoms with van der Waals surface area (Å²) in [6.07, 6.45) is 2.83. The fourth-order valence-electron chi connectivity index (χ4n) is 3.29. The molecular formula is C18H28N2O2. The second-order valence-electron chi connectivity index (χ2n) is 6.69. The Morgan fingerprint density at radius 1 is 1.36 bits per heavy atom. The normalized spacial score (nSPS) is 19.8. The largest absolute Gasteiger partial charge is 0.396 e. The van der Waals surface area contributed by atoms with E-state index < -0.39 is 0 Å². The third-order valence-corrected chi connectivity index (χ3v) is 4.26. The van der Waals surface area contributed by atoms with Crippen LogP contribution in [0.5, 0.6) is 0 Å². The molecule has 2 amide bonds. The molecule has 22 heavy (non-hydrogen) atoms. The Bertz CT molecular complexity index is 496. The van der Waals surface area contributed by atoms with Gasteiger partial charge in [-0.05, 0) is 51.5 Å². The van der Waals surface area contributed by atoms with Crippen LogP contribution in [0.15, 0.2) is 18.2 Å². The highest BCUT2D eigenvalue weighted by molar-refractivity contribution is 5.74. The Kier molecular flexibility index (Phi) is 5.83. The second kappa shape index (κ2) is 7.63. The predicted octanol–water partition coefficient (Wildman–Crippen LogP) is 2.65. The number of urea groups is 1. The summed E-state index contributed by atoms with van der Waals surface area (Å²) in [5.41, 5.74) is 3.78. The van der Waals surface area contributed by atoms with Crippen LogP contribution in [0.4, 0.5) is 4.79 Å². The number of amides is 2. The van der Waals surface area contributed by atoms with E-state index in [2.05, 4.69) is 37.4 Å². The monoisotopic (exact) mass is 304 g/mol. The zero-order chi connectivity index (χ0) is 16.1. The Morgan fingerprint density at radius 2 is 2.05 bits per heavy atom. The molecule has 0 radical (unpaired) electrons. The summed E-state index contributed by atoms with van der Waals surface area (Å²) in [5.74, 6) is 0.231. The first kappa shape index (κ1) is 16.8. The summed E-state index contributed by atoms with van der Waals surface area (Å²) in [6, 6.07) is 6.62. The van der Waals surface area contributed by atoms with Crippen LogP contribution >= 0.6 is 0 Å². The number of carbonyl (C=O) groups excluding carboxylic acids is 1. The Balaban J connectivity index is 1.88. The minimum absolute atomic E-state index is 0.00461. The van der Waals surface area contributed by atoms with Gasteiger partial charge in [0.1, 0.15) is 0 Å². The topological polar surface area (TPSA) is 52.6 Å². The van der Waals surface area contributed by atoms with Gasteiger partial charge >= 0.3 is 6.03 Å². The van der Waals surface area contributed by atoms with Crippen molar-refractivity contribution >= 4 is 6.03 Å².